The van der Waals surface area contributed by atoms with Gasteiger partial charge in [0.25, 0.3) is 0 Å². The summed E-state index contributed by atoms with van der Waals surface area (Å²) in [6.07, 6.45) is 4.40. The molecule has 1 aromatic carbocycles. The number of amides is 1. The van der Waals surface area contributed by atoms with Gasteiger partial charge in [-0.2, -0.15) is 0 Å². The fourth-order valence-corrected chi connectivity index (χ4v) is 3.06. The zero-order valence-electron chi connectivity index (χ0n) is 13.3. The first-order valence-electron chi connectivity index (χ1n) is 7.97. The molecule has 0 aromatic heterocycles. The molecule has 0 N–H and O–H groups in total. The summed E-state index contributed by atoms with van der Waals surface area (Å²) in [7, 11) is 1.87. The number of rotatable bonds is 5. The molecule has 1 atom stereocenters. The molecule has 2 rings (SSSR count). The quantitative estimate of drug-likeness (QED) is 0.825. The van der Waals surface area contributed by atoms with Gasteiger partial charge in [-0.1, -0.05) is 23.7 Å². The second kappa shape index (κ2) is 7.77. The van der Waals surface area contributed by atoms with Crippen LogP contribution in [0.2, 0.25) is 5.02 Å². The molecule has 1 aliphatic rings. The molecule has 1 amide bonds. The van der Waals surface area contributed by atoms with Crippen LogP contribution in [0.1, 0.15) is 44.6 Å². The van der Waals surface area contributed by atoms with E-state index in [0.717, 1.165) is 24.3 Å². The average molecular weight is 322 g/mol. The molecule has 4 heteroatoms. The topological polar surface area (TPSA) is 37.4 Å². The summed E-state index contributed by atoms with van der Waals surface area (Å²) >= 11 is 5.89. The summed E-state index contributed by atoms with van der Waals surface area (Å²) in [5.41, 5.74) is 1.18. The summed E-state index contributed by atoms with van der Waals surface area (Å²) in [6, 6.07) is 7.92. The van der Waals surface area contributed by atoms with E-state index >= 15 is 0 Å². The second-order valence-corrected chi connectivity index (χ2v) is 6.81. The lowest BCUT2D eigenvalue weighted by Gasteiger charge is -2.28. The Balaban J connectivity index is 1.83. The van der Waals surface area contributed by atoms with Gasteiger partial charge in [0.05, 0.1) is 0 Å². The maximum atomic E-state index is 12.4. The Bertz CT molecular complexity index is 516. The van der Waals surface area contributed by atoms with E-state index in [-0.39, 0.29) is 11.9 Å². The van der Waals surface area contributed by atoms with Crippen molar-refractivity contribution in [2.24, 2.45) is 5.92 Å². The van der Waals surface area contributed by atoms with Crippen LogP contribution in [0, 0.1) is 5.92 Å². The van der Waals surface area contributed by atoms with Gasteiger partial charge < -0.3 is 4.90 Å². The molecule has 0 bridgehead atoms. The second-order valence-electron chi connectivity index (χ2n) is 6.37. The fourth-order valence-electron chi connectivity index (χ4n) is 2.94. The third-order valence-electron chi connectivity index (χ3n) is 4.63. The minimum absolute atomic E-state index is 0.152. The lowest BCUT2D eigenvalue weighted by atomic mass is 9.86. The Hall–Kier alpha value is -1.35. The van der Waals surface area contributed by atoms with E-state index in [4.69, 9.17) is 11.6 Å². The lowest BCUT2D eigenvalue weighted by Crippen LogP contribution is -2.37. The standard InChI is InChI=1S/C18H24ClNO2/c1-13(11-14-3-7-16(19)8-4-14)20(2)18(22)12-15-5-9-17(21)10-6-15/h3-4,7-8,13,15H,5-6,9-12H2,1-2H3/t13-/m1/s1. The molecule has 1 aromatic rings. The first kappa shape index (κ1) is 17.0. The van der Waals surface area contributed by atoms with E-state index in [1.54, 1.807) is 0 Å². The summed E-state index contributed by atoms with van der Waals surface area (Å²) in [5, 5.41) is 0.729. The van der Waals surface area contributed by atoms with E-state index in [1.807, 2.05) is 36.2 Å². The van der Waals surface area contributed by atoms with Crippen molar-refractivity contribution >= 4 is 23.3 Å². The predicted octanol–water partition coefficient (Wildman–Crippen LogP) is 3.88. The minimum atomic E-state index is 0.152. The molecular weight excluding hydrogens is 298 g/mol. The predicted molar refractivity (Wildman–Crippen MR) is 89.0 cm³/mol. The van der Waals surface area contributed by atoms with Crippen molar-refractivity contribution in [1.82, 2.24) is 4.90 Å². The minimum Gasteiger partial charge on any atom is -0.343 e. The van der Waals surface area contributed by atoms with Crippen LogP contribution in [0.3, 0.4) is 0 Å². The lowest BCUT2D eigenvalue weighted by molar-refractivity contribution is -0.133. The average Bonchev–Trinajstić information content (AvgIpc) is 2.51. The van der Waals surface area contributed by atoms with Crippen molar-refractivity contribution < 1.29 is 9.59 Å². The van der Waals surface area contributed by atoms with E-state index in [0.29, 0.717) is 31.0 Å². The molecule has 120 valence electrons. The molecule has 3 nitrogen and oxygen atoms in total. The molecule has 0 saturated heterocycles. The van der Waals surface area contributed by atoms with Crippen molar-refractivity contribution in [2.75, 3.05) is 7.05 Å². The van der Waals surface area contributed by atoms with Gasteiger partial charge in [0.1, 0.15) is 5.78 Å². The third-order valence-corrected chi connectivity index (χ3v) is 4.88. The summed E-state index contributed by atoms with van der Waals surface area (Å²) in [4.78, 5) is 25.5. The number of halogens is 1. The van der Waals surface area contributed by atoms with Gasteiger partial charge >= 0.3 is 0 Å². The first-order valence-corrected chi connectivity index (χ1v) is 8.35. The van der Waals surface area contributed by atoms with E-state index in [2.05, 4.69) is 6.92 Å². The molecule has 0 aliphatic heterocycles. The van der Waals surface area contributed by atoms with Crippen LogP contribution in [-0.2, 0) is 16.0 Å². The first-order chi connectivity index (χ1) is 10.5. The van der Waals surface area contributed by atoms with Crippen LogP contribution in [-0.4, -0.2) is 29.7 Å². The Morgan fingerprint density at radius 3 is 2.45 bits per heavy atom. The maximum Gasteiger partial charge on any atom is 0.222 e. The molecule has 1 saturated carbocycles. The van der Waals surface area contributed by atoms with Crippen LogP contribution in [0.15, 0.2) is 24.3 Å². The fraction of sp³-hybridized carbons (Fsp3) is 0.556. The number of nitrogens with zero attached hydrogens (tertiary/aromatic N) is 1. The van der Waals surface area contributed by atoms with Gasteiger partial charge in [0.2, 0.25) is 5.91 Å². The largest absolute Gasteiger partial charge is 0.343 e. The van der Waals surface area contributed by atoms with Crippen molar-refractivity contribution in [1.29, 1.82) is 0 Å². The van der Waals surface area contributed by atoms with Crippen LogP contribution < -0.4 is 0 Å². The van der Waals surface area contributed by atoms with Crippen molar-refractivity contribution in [2.45, 2.75) is 51.5 Å². The molecule has 22 heavy (non-hydrogen) atoms. The monoisotopic (exact) mass is 321 g/mol. The Kier molecular flexibility index (Phi) is 6.01. The van der Waals surface area contributed by atoms with Gasteiger partial charge in [0, 0.05) is 37.4 Å². The zero-order valence-corrected chi connectivity index (χ0v) is 14.1. The van der Waals surface area contributed by atoms with Crippen molar-refractivity contribution in [3.63, 3.8) is 0 Å². The smallest absolute Gasteiger partial charge is 0.222 e. The normalized spacial score (nSPS) is 17.3. The molecule has 1 fully saturated rings. The van der Waals surface area contributed by atoms with Gasteiger partial charge in [-0.3, -0.25) is 9.59 Å². The highest BCUT2D eigenvalue weighted by Crippen LogP contribution is 2.25. The zero-order chi connectivity index (χ0) is 16.1. The Labute approximate surface area is 137 Å². The van der Waals surface area contributed by atoms with Crippen molar-refractivity contribution in [3.8, 4) is 0 Å². The van der Waals surface area contributed by atoms with Crippen LogP contribution in [0.5, 0.6) is 0 Å². The molecule has 0 heterocycles. The number of likely N-dealkylation sites (N-methyl/N-ethyl adjacent to an activating group) is 1. The van der Waals surface area contributed by atoms with Gasteiger partial charge in [-0.05, 0) is 49.8 Å². The number of Topliss-reactive ketones (excluding diaryl/α,β-unsaturated/α-hetero) is 1. The summed E-state index contributed by atoms with van der Waals surface area (Å²) in [6.45, 7) is 2.07. The highest BCUT2D eigenvalue weighted by atomic mass is 35.5. The Morgan fingerprint density at radius 1 is 1.27 bits per heavy atom. The summed E-state index contributed by atoms with van der Waals surface area (Å²) < 4.78 is 0. The van der Waals surface area contributed by atoms with E-state index < -0.39 is 0 Å². The molecule has 1 aliphatic carbocycles. The number of hydrogen-bond donors (Lipinski definition) is 0. The van der Waals surface area contributed by atoms with Crippen LogP contribution in [0.4, 0.5) is 0 Å². The maximum absolute atomic E-state index is 12.4. The molecule has 0 spiro atoms. The highest BCUT2D eigenvalue weighted by molar-refractivity contribution is 6.30. The Morgan fingerprint density at radius 2 is 1.86 bits per heavy atom. The van der Waals surface area contributed by atoms with Crippen molar-refractivity contribution in [3.05, 3.63) is 34.9 Å². The van der Waals surface area contributed by atoms with E-state index in [9.17, 15) is 9.59 Å². The number of carbonyl (C=O) groups is 2. The van der Waals surface area contributed by atoms with Crippen LogP contribution in [0.25, 0.3) is 0 Å². The van der Waals surface area contributed by atoms with E-state index in [1.165, 1.54) is 5.56 Å². The molecule has 0 unspecified atom stereocenters. The van der Waals surface area contributed by atoms with Gasteiger partial charge in [0.15, 0.2) is 0 Å². The van der Waals surface area contributed by atoms with Gasteiger partial charge in [-0.15, -0.1) is 0 Å². The van der Waals surface area contributed by atoms with Gasteiger partial charge in [-0.25, -0.2) is 0 Å². The molecular formula is C18H24ClNO2. The number of benzene rings is 1. The number of hydrogen-bond acceptors (Lipinski definition) is 2. The highest BCUT2D eigenvalue weighted by Gasteiger charge is 2.24. The molecule has 0 radical (unpaired) electrons. The van der Waals surface area contributed by atoms with Crippen LogP contribution >= 0.6 is 11.6 Å². The number of ketones is 1. The third kappa shape index (κ3) is 4.84. The SMILES string of the molecule is C[C@H](Cc1ccc(Cl)cc1)N(C)C(=O)CC1CCC(=O)CC1. The number of carbonyl (C=O) groups excluding carboxylic acids is 2. The summed E-state index contributed by atoms with van der Waals surface area (Å²) in [5.74, 6) is 0.893.